The number of nitrogens with zero attached hydrogens (tertiary/aromatic N) is 2. The van der Waals surface area contributed by atoms with Crippen molar-refractivity contribution in [2.75, 3.05) is 7.05 Å². The standard InChI is InChI=1S/C14H16BrN3/c1-16-9-13-17-14(12-3-2-8-18(12)13)10-4-6-11(15)7-5-10/h4-7,16H,2-3,8-9H2,1H3. The Hall–Kier alpha value is -1.13. The van der Waals surface area contributed by atoms with Gasteiger partial charge in [-0.05, 0) is 32.0 Å². The maximum atomic E-state index is 4.81. The van der Waals surface area contributed by atoms with Crippen molar-refractivity contribution in [2.24, 2.45) is 0 Å². The fraction of sp³-hybridized carbons (Fsp3) is 0.357. The molecule has 3 nitrogen and oxygen atoms in total. The molecule has 0 amide bonds. The average Bonchev–Trinajstić information content (AvgIpc) is 2.95. The van der Waals surface area contributed by atoms with E-state index in [-0.39, 0.29) is 0 Å². The van der Waals surface area contributed by atoms with Crippen molar-refractivity contribution in [1.82, 2.24) is 14.9 Å². The van der Waals surface area contributed by atoms with Crippen molar-refractivity contribution >= 4 is 15.9 Å². The molecule has 1 aromatic heterocycles. The minimum atomic E-state index is 0.837. The van der Waals surface area contributed by atoms with E-state index in [9.17, 15) is 0 Å². The summed E-state index contributed by atoms with van der Waals surface area (Å²) in [6.07, 6.45) is 2.38. The quantitative estimate of drug-likeness (QED) is 0.945. The van der Waals surface area contributed by atoms with E-state index in [2.05, 4.69) is 50.1 Å². The van der Waals surface area contributed by atoms with Crippen molar-refractivity contribution < 1.29 is 0 Å². The van der Waals surface area contributed by atoms with Gasteiger partial charge in [0.1, 0.15) is 5.82 Å². The Labute approximate surface area is 115 Å². The summed E-state index contributed by atoms with van der Waals surface area (Å²) in [7, 11) is 1.97. The highest BCUT2D eigenvalue weighted by atomic mass is 79.9. The summed E-state index contributed by atoms with van der Waals surface area (Å²) in [5.74, 6) is 1.16. The van der Waals surface area contributed by atoms with Crippen LogP contribution in [0.4, 0.5) is 0 Å². The molecule has 94 valence electrons. The van der Waals surface area contributed by atoms with Gasteiger partial charge in [0.05, 0.1) is 12.2 Å². The van der Waals surface area contributed by atoms with E-state index >= 15 is 0 Å². The van der Waals surface area contributed by atoms with Crippen LogP contribution in [0.2, 0.25) is 0 Å². The van der Waals surface area contributed by atoms with Crippen LogP contribution in [-0.4, -0.2) is 16.6 Å². The summed E-state index contributed by atoms with van der Waals surface area (Å²) in [6.45, 7) is 1.94. The van der Waals surface area contributed by atoms with Gasteiger partial charge in [-0.25, -0.2) is 4.98 Å². The molecule has 1 aliphatic rings. The van der Waals surface area contributed by atoms with Crippen LogP contribution in [0, 0.1) is 0 Å². The second kappa shape index (κ2) is 4.86. The normalized spacial score (nSPS) is 13.9. The molecule has 2 heterocycles. The third-order valence-electron chi connectivity index (χ3n) is 3.40. The summed E-state index contributed by atoms with van der Waals surface area (Å²) in [5.41, 5.74) is 3.76. The molecular formula is C14H16BrN3. The van der Waals surface area contributed by atoms with Crippen LogP contribution in [0.3, 0.4) is 0 Å². The summed E-state index contributed by atoms with van der Waals surface area (Å²) in [4.78, 5) is 4.81. The van der Waals surface area contributed by atoms with Crippen LogP contribution in [0.1, 0.15) is 17.9 Å². The van der Waals surface area contributed by atoms with Crippen molar-refractivity contribution in [3.8, 4) is 11.3 Å². The summed E-state index contributed by atoms with van der Waals surface area (Å²) in [6, 6.07) is 8.42. The molecule has 0 spiro atoms. The number of aromatic nitrogens is 2. The Morgan fingerprint density at radius 1 is 1.33 bits per heavy atom. The lowest BCUT2D eigenvalue weighted by molar-refractivity contribution is 0.653. The Balaban J connectivity index is 2.07. The molecule has 4 heteroatoms. The highest BCUT2D eigenvalue weighted by Crippen LogP contribution is 2.30. The molecule has 18 heavy (non-hydrogen) atoms. The van der Waals surface area contributed by atoms with E-state index in [1.807, 2.05) is 7.05 Å². The van der Waals surface area contributed by atoms with Crippen molar-refractivity contribution in [2.45, 2.75) is 25.9 Å². The van der Waals surface area contributed by atoms with Crippen LogP contribution in [0.15, 0.2) is 28.7 Å². The SMILES string of the molecule is CNCc1nc(-c2ccc(Br)cc2)c2n1CCC2. The van der Waals surface area contributed by atoms with Crippen LogP contribution in [0.25, 0.3) is 11.3 Å². The third kappa shape index (κ3) is 1.99. The highest BCUT2D eigenvalue weighted by molar-refractivity contribution is 9.10. The van der Waals surface area contributed by atoms with Gasteiger partial charge >= 0.3 is 0 Å². The van der Waals surface area contributed by atoms with Gasteiger partial charge < -0.3 is 9.88 Å². The summed E-state index contributed by atoms with van der Waals surface area (Å²) in [5, 5.41) is 3.20. The molecule has 3 rings (SSSR count). The number of hydrogen-bond acceptors (Lipinski definition) is 2. The van der Waals surface area contributed by atoms with Gasteiger partial charge in [-0.3, -0.25) is 0 Å². The second-order valence-corrected chi connectivity index (χ2v) is 5.53. The lowest BCUT2D eigenvalue weighted by atomic mass is 10.1. The molecular weight excluding hydrogens is 290 g/mol. The first-order chi connectivity index (χ1) is 8.79. The third-order valence-corrected chi connectivity index (χ3v) is 3.93. The van der Waals surface area contributed by atoms with Gasteiger partial charge in [-0.1, -0.05) is 28.1 Å². The lowest BCUT2D eigenvalue weighted by Crippen LogP contribution is -2.11. The second-order valence-electron chi connectivity index (χ2n) is 4.62. The van der Waals surface area contributed by atoms with Gasteiger partial charge in [0, 0.05) is 22.3 Å². The van der Waals surface area contributed by atoms with E-state index in [0.717, 1.165) is 35.5 Å². The molecule has 0 saturated carbocycles. The molecule has 0 bridgehead atoms. The molecule has 1 aromatic carbocycles. The Kier molecular flexibility index (Phi) is 3.22. The maximum Gasteiger partial charge on any atom is 0.123 e. The number of benzene rings is 1. The average molecular weight is 306 g/mol. The van der Waals surface area contributed by atoms with Gasteiger partial charge in [-0.2, -0.15) is 0 Å². The molecule has 1 aliphatic heterocycles. The summed E-state index contributed by atoms with van der Waals surface area (Å²) >= 11 is 3.47. The molecule has 0 saturated heterocycles. The minimum absolute atomic E-state index is 0.837. The van der Waals surface area contributed by atoms with Gasteiger partial charge in [0.25, 0.3) is 0 Å². The Morgan fingerprint density at radius 2 is 2.11 bits per heavy atom. The smallest absolute Gasteiger partial charge is 0.123 e. The Morgan fingerprint density at radius 3 is 2.83 bits per heavy atom. The number of hydrogen-bond donors (Lipinski definition) is 1. The molecule has 0 radical (unpaired) electrons. The van der Waals surface area contributed by atoms with Crippen LogP contribution in [0.5, 0.6) is 0 Å². The molecule has 0 atom stereocenters. The number of nitrogens with one attached hydrogen (secondary N) is 1. The molecule has 0 fully saturated rings. The zero-order valence-electron chi connectivity index (χ0n) is 10.4. The first-order valence-corrected chi connectivity index (χ1v) is 7.07. The Bertz CT molecular complexity index is 557. The van der Waals surface area contributed by atoms with Crippen molar-refractivity contribution in [3.05, 3.63) is 40.3 Å². The van der Waals surface area contributed by atoms with Gasteiger partial charge in [-0.15, -0.1) is 0 Å². The highest BCUT2D eigenvalue weighted by Gasteiger charge is 2.21. The largest absolute Gasteiger partial charge is 0.330 e. The molecule has 0 unspecified atom stereocenters. The molecule has 0 aliphatic carbocycles. The predicted octanol–water partition coefficient (Wildman–Crippen LogP) is 2.98. The first kappa shape index (κ1) is 11.9. The monoisotopic (exact) mass is 305 g/mol. The van der Waals surface area contributed by atoms with E-state index in [1.165, 1.54) is 17.7 Å². The number of fused-ring (bicyclic) bond motifs is 1. The number of halogens is 1. The van der Waals surface area contributed by atoms with E-state index in [1.54, 1.807) is 0 Å². The van der Waals surface area contributed by atoms with Crippen molar-refractivity contribution in [1.29, 1.82) is 0 Å². The van der Waals surface area contributed by atoms with Crippen molar-refractivity contribution in [3.63, 3.8) is 0 Å². The molecule has 2 aromatic rings. The first-order valence-electron chi connectivity index (χ1n) is 6.28. The predicted molar refractivity (Wildman–Crippen MR) is 76.4 cm³/mol. The van der Waals surface area contributed by atoms with Crippen LogP contribution >= 0.6 is 15.9 Å². The van der Waals surface area contributed by atoms with Crippen LogP contribution < -0.4 is 5.32 Å². The lowest BCUT2D eigenvalue weighted by Gasteiger charge is -2.02. The van der Waals surface area contributed by atoms with E-state index in [0.29, 0.717) is 0 Å². The fourth-order valence-corrected chi connectivity index (χ4v) is 2.86. The fourth-order valence-electron chi connectivity index (χ4n) is 2.59. The number of rotatable bonds is 3. The minimum Gasteiger partial charge on any atom is -0.330 e. The van der Waals surface area contributed by atoms with E-state index in [4.69, 9.17) is 4.98 Å². The zero-order valence-corrected chi connectivity index (χ0v) is 12.0. The van der Waals surface area contributed by atoms with Gasteiger partial charge in [0.2, 0.25) is 0 Å². The number of imidazole rings is 1. The van der Waals surface area contributed by atoms with Gasteiger partial charge in [0.15, 0.2) is 0 Å². The topological polar surface area (TPSA) is 29.9 Å². The maximum absolute atomic E-state index is 4.81. The van der Waals surface area contributed by atoms with E-state index < -0.39 is 0 Å². The van der Waals surface area contributed by atoms with Crippen LogP contribution in [-0.2, 0) is 19.5 Å². The summed E-state index contributed by atoms with van der Waals surface area (Å²) < 4.78 is 3.48. The molecule has 1 N–H and O–H groups in total. The zero-order chi connectivity index (χ0) is 12.5.